The Morgan fingerprint density at radius 3 is 3.14 bits per heavy atom. The molecule has 1 aromatic rings. The second-order valence-electron chi connectivity index (χ2n) is 3.34. The van der Waals surface area contributed by atoms with Crippen LogP contribution in [-0.4, -0.2) is 57.1 Å². The van der Waals surface area contributed by atoms with Crippen molar-refractivity contribution in [3.63, 3.8) is 0 Å². The van der Waals surface area contributed by atoms with Crippen LogP contribution in [0.2, 0.25) is 0 Å². The van der Waals surface area contributed by atoms with Crippen molar-refractivity contribution in [1.82, 2.24) is 30.8 Å². The number of rotatable bonds is 1. The van der Waals surface area contributed by atoms with Crippen molar-refractivity contribution in [2.75, 3.05) is 19.6 Å². The molecular formula is C7H12N6O. The van der Waals surface area contributed by atoms with Crippen molar-refractivity contribution in [3.05, 3.63) is 5.82 Å². The van der Waals surface area contributed by atoms with Crippen molar-refractivity contribution >= 4 is 5.91 Å². The van der Waals surface area contributed by atoms with E-state index in [1.807, 2.05) is 6.92 Å². The molecule has 2 N–H and O–H groups in total. The van der Waals surface area contributed by atoms with Gasteiger partial charge in [-0.15, -0.1) is 10.2 Å². The van der Waals surface area contributed by atoms with Gasteiger partial charge >= 0.3 is 0 Å². The highest BCUT2D eigenvalue weighted by Crippen LogP contribution is 2.02. The molecule has 0 aromatic carbocycles. The molecule has 1 atom stereocenters. The maximum atomic E-state index is 11.7. The Labute approximate surface area is 80.9 Å². The van der Waals surface area contributed by atoms with Gasteiger partial charge in [-0.3, -0.25) is 4.79 Å². The van der Waals surface area contributed by atoms with Crippen LogP contribution in [0.15, 0.2) is 0 Å². The summed E-state index contributed by atoms with van der Waals surface area (Å²) in [4.78, 5) is 13.4. The third-order valence-electron chi connectivity index (χ3n) is 2.19. The molecule has 1 saturated heterocycles. The maximum absolute atomic E-state index is 11.7. The molecule has 1 aromatic heterocycles. The number of carbonyl (C=O) groups excluding carboxylic acids is 1. The Balaban J connectivity index is 2.04. The summed E-state index contributed by atoms with van der Waals surface area (Å²) in [5.41, 5.74) is 0. The molecule has 7 heteroatoms. The first-order valence-corrected chi connectivity index (χ1v) is 4.53. The van der Waals surface area contributed by atoms with Gasteiger partial charge in [0.05, 0.1) is 0 Å². The Bertz CT molecular complexity index is 310. The second-order valence-corrected chi connectivity index (χ2v) is 3.34. The van der Waals surface area contributed by atoms with E-state index in [9.17, 15) is 4.79 Å². The van der Waals surface area contributed by atoms with Crippen LogP contribution in [0.4, 0.5) is 0 Å². The molecule has 0 aliphatic carbocycles. The molecule has 1 aliphatic heterocycles. The van der Waals surface area contributed by atoms with E-state index in [4.69, 9.17) is 0 Å². The lowest BCUT2D eigenvalue weighted by atomic mass is 10.2. The first kappa shape index (κ1) is 9.07. The van der Waals surface area contributed by atoms with E-state index in [0.29, 0.717) is 19.1 Å². The van der Waals surface area contributed by atoms with Crippen LogP contribution in [0.25, 0.3) is 0 Å². The van der Waals surface area contributed by atoms with E-state index in [-0.39, 0.29) is 11.7 Å². The van der Waals surface area contributed by atoms with Gasteiger partial charge in [-0.25, -0.2) is 0 Å². The van der Waals surface area contributed by atoms with Crippen LogP contribution < -0.4 is 5.32 Å². The van der Waals surface area contributed by atoms with E-state index in [1.54, 1.807) is 4.90 Å². The minimum atomic E-state index is -0.160. The van der Waals surface area contributed by atoms with E-state index in [0.717, 1.165) is 6.54 Å². The predicted octanol–water partition coefficient (Wildman–Crippen LogP) is -1.37. The van der Waals surface area contributed by atoms with Gasteiger partial charge in [-0.05, 0) is 12.1 Å². The summed E-state index contributed by atoms with van der Waals surface area (Å²) in [6, 6.07) is 0.319. The summed E-state index contributed by atoms with van der Waals surface area (Å²) in [5, 5.41) is 16.2. The highest BCUT2D eigenvalue weighted by atomic mass is 16.2. The Morgan fingerprint density at radius 1 is 1.64 bits per heavy atom. The Kier molecular flexibility index (Phi) is 2.40. The minimum Gasteiger partial charge on any atom is -0.333 e. The van der Waals surface area contributed by atoms with Crippen LogP contribution >= 0.6 is 0 Å². The third-order valence-corrected chi connectivity index (χ3v) is 2.19. The normalized spacial score (nSPS) is 22.4. The van der Waals surface area contributed by atoms with Crippen molar-refractivity contribution < 1.29 is 4.79 Å². The van der Waals surface area contributed by atoms with Gasteiger partial charge in [0, 0.05) is 25.7 Å². The lowest BCUT2D eigenvalue weighted by Gasteiger charge is -2.30. The van der Waals surface area contributed by atoms with Gasteiger partial charge in [0.1, 0.15) is 0 Å². The summed E-state index contributed by atoms with van der Waals surface area (Å²) >= 11 is 0. The molecule has 0 radical (unpaired) electrons. The van der Waals surface area contributed by atoms with Crippen molar-refractivity contribution in [2.24, 2.45) is 0 Å². The zero-order chi connectivity index (χ0) is 9.97. The molecule has 2 rings (SSSR count). The van der Waals surface area contributed by atoms with E-state index < -0.39 is 0 Å². The SMILES string of the molecule is C[C@H]1CN(C(=O)c2nn[nH]n2)CCN1. The highest BCUT2D eigenvalue weighted by molar-refractivity contribution is 5.90. The molecule has 7 nitrogen and oxygen atoms in total. The summed E-state index contributed by atoms with van der Waals surface area (Å²) in [5.74, 6) is -0.0220. The molecule has 0 spiro atoms. The van der Waals surface area contributed by atoms with Crippen LogP contribution in [0.1, 0.15) is 17.5 Å². The first-order chi connectivity index (χ1) is 6.77. The maximum Gasteiger partial charge on any atom is 0.295 e. The smallest absolute Gasteiger partial charge is 0.295 e. The van der Waals surface area contributed by atoms with Crippen LogP contribution in [0.3, 0.4) is 0 Å². The number of amides is 1. The Hall–Kier alpha value is -1.50. The number of hydrogen-bond acceptors (Lipinski definition) is 5. The largest absolute Gasteiger partial charge is 0.333 e. The lowest BCUT2D eigenvalue weighted by Crippen LogP contribution is -2.51. The van der Waals surface area contributed by atoms with Gasteiger partial charge < -0.3 is 10.2 Å². The predicted molar refractivity (Wildman–Crippen MR) is 47.5 cm³/mol. The van der Waals surface area contributed by atoms with Gasteiger partial charge in [0.25, 0.3) is 11.7 Å². The molecule has 0 unspecified atom stereocenters. The van der Waals surface area contributed by atoms with E-state index in [1.165, 1.54) is 0 Å². The summed E-state index contributed by atoms with van der Waals surface area (Å²) in [6.45, 7) is 4.23. The van der Waals surface area contributed by atoms with Crippen molar-refractivity contribution in [2.45, 2.75) is 13.0 Å². The molecule has 2 heterocycles. The average molecular weight is 196 g/mol. The van der Waals surface area contributed by atoms with Crippen LogP contribution in [0.5, 0.6) is 0 Å². The molecule has 0 bridgehead atoms. The quantitative estimate of drug-likeness (QED) is 0.579. The fraction of sp³-hybridized carbons (Fsp3) is 0.714. The topological polar surface area (TPSA) is 86.8 Å². The fourth-order valence-corrected chi connectivity index (χ4v) is 1.51. The molecular weight excluding hydrogens is 184 g/mol. The second kappa shape index (κ2) is 3.70. The molecule has 76 valence electrons. The van der Waals surface area contributed by atoms with Gasteiger partial charge in [-0.1, -0.05) is 0 Å². The summed E-state index contributed by atoms with van der Waals surface area (Å²) < 4.78 is 0. The van der Waals surface area contributed by atoms with Crippen LogP contribution in [-0.2, 0) is 0 Å². The molecule has 1 amide bonds. The minimum absolute atomic E-state index is 0.138. The van der Waals surface area contributed by atoms with Gasteiger partial charge in [0.15, 0.2) is 0 Å². The number of piperazine rings is 1. The molecule has 1 aliphatic rings. The Morgan fingerprint density at radius 2 is 2.50 bits per heavy atom. The van der Waals surface area contributed by atoms with Crippen LogP contribution in [0, 0.1) is 0 Å². The number of aromatic nitrogens is 4. The van der Waals surface area contributed by atoms with Gasteiger partial charge in [-0.2, -0.15) is 5.21 Å². The zero-order valence-corrected chi connectivity index (χ0v) is 7.90. The first-order valence-electron chi connectivity index (χ1n) is 4.53. The number of aromatic amines is 1. The average Bonchev–Trinajstić information content (AvgIpc) is 2.69. The van der Waals surface area contributed by atoms with Gasteiger partial charge in [0.2, 0.25) is 0 Å². The number of H-pyrrole nitrogens is 1. The van der Waals surface area contributed by atoms with Crippen molar-refractivity contribution in [3.8, 4) is 0 Å². The molecule has 1 fully saturated rings. The summed E-state index contributed by atoms with van der Waals surface area (Å²) in [7, 11) is 0. The molecule has 14 heavy (non-hydrogen) atoms. The number of carbonyl (C=O) groups is 1. The number of nitrogens with zero attached hydrogens (tertiary/aromatic N) is 4. The summed E-state index contributed by atoms with van der Waals surface area (Å²) in [6.07, 6.45) is 0. The lowest BCUT2D eigenvalue weighted by molar-refractivity contribution is 0.0697. The standard InChI is InChI=1S/C7H12N6O/c1-5-4-13(3-2-8-5)7(14)6-9-11-12-10-6/h5,8H,2-4H2,1H3,(H,9,10,11,12)/t5-/m0/s1. The van der Waals surface area contributed by atoms with E-state index >= 15 is 0 Å². The monoisotopic (exact) mass is 196 g/mol. The number of hydrogen-bond donors (Lipinski definition) is 2. The highest BCUT2D eigenvalue weighted by Gasteiger charge is 2.23. The number of tetrazole rings is 1. The number of nitrogens with one attached hydrogen (secondary N) is 2. The third kappa shape index (κ3) is 1.72. The van der Waals surface area contributed by atoms with E-state index in [2.05, 4.69) is 25.9 Å². The fourth-order valence-electron chi connectivity index (χ4n) is 1.51. The molecule has 0 saturated carbocycles. The zero-order valence-electron chi connectivity index (χ0n) is 7.90. The van der Waals surface area contributed by atoms with Crippen molar-refractivity contribution in [1.29, 1.82) is 0 Å².